The van der Waals surface area contributed by atoms with Gasteiger partial charge in [-0.3, -0.25) is 9.59 Å². The van der Waals surface area contributed by atoms with Crippen LogP contribution in [0.4, 0.5) is 0 Å². The van der Waals surface area contributed by atoms with E-state index in [0.29, 0.717) is 6.54 Å². The molecule has 1 amide bonds. The number of aliphatic carboxylic acids is 1. The van der Waals surface area contributed by atoms with Crippen molar-refractivity contribution in [3.63, 3.8) is 0 Å². The van der Waals surface area contributed by atoms with E-state index in [2.05, 4.69) is 10.1 Å². The smallest absolute Gasteiger partial charge is 0.308 e. The number of carboxylic acid groups (broad SMARTS) is 1. The standard InChI is InChI=1S/C14H14N4O3/c19-13-5-11(14(20)21)7-17(13)6-10-1-3-12(4-2-10)18-9-15-8-16-18/h1-4,8-9,11H,5-7H2,(H,20,21)/t11-/m1/s1. The van der Waals surface area contributed by atoms with Crippen LogP contribution in [0.25, 0.3) is 5.69 Å². The van der Waals surface area contributed by atoms with Gasteiger partial charge in [0.15, 0.2) is 0 Å². The van der Waals surface area contributed by atoms with Crippen molar-refractivity contribution in [2.75, 3.05) is 6.54 Å². The van der Waals surface area contributed by atoms with Crippen LogP contribution >= 0.6 is 0 Å². The summed E-state index contributed by atoms with van der Waals surface area (Å²) in [5.41, 5.74) is 1.84. The molecule has 0 unspecified atom stereocenters. The Balaban J connectivity index is 1.68. The molecule has 1 aliphatic heterocycles. The molecule has 0 radical (unpaired) electrons. The third kappa shape index (κ3) is 2.76. The molecular formula is C14H14N4O3. The van der Waals surface area contributed by atoms with Gasteiger partial charge in [-0.25, -0.2) is 9.67 Å². The maximum absolute atomic E-state index is 11.8. The molecule has 2 heterocycles. The Morgan fingerprint density at radius 3 is 2.67 bits per heavy atom. The topological polar surface area (TPSA) is 88.3 Å². The first-order valence-corrected chi connectivity index (χ1v) is 6.58. The monoisotopic (exact) mass is 286 g/mol. The lowest BCUT2D eigenvalue weighted by Crippen LogP contribution is -2.25. The summed E-state index contributed by atoms with van der Waals surface area (Å²) in [4.78, 5) is 28.2. The Kier molecular flexibility index (Phi) is 3.39. The molecule has 3 rings (SSSR count). The average molecular weight is 286 g/mol. The molecule has 1 fully saturated rings. The fraction of sp³-hybridized carbons (Fsp3) is 0.286. The van der Waals surface area contributed by atoms with Crippen LogP contribution in [0.15, 0.2) is 36.9 Å². The first-order valence-electron chi connectivity index (χ1n) is 6.58. The molecule has 1 aromatic heterocycles. The number of aromatic nitrogens is 3. The quantitative estimate of drug-likeness (QED) is 0.893. The summed E-state index contributed by atoms with van der Waals surface area (Å²) < 4.78 is 1.64. The molecule has 0 saturated carbocycles. The maximum atomic E-state index is 11.8. The van der Waals surface area contributed by atoms with Crippen molar-refractivity contribution < 1.29 is 14.7 Å². The average Bonchev–Trinajstić information content (AvgIpc) is 3.10. The van der Waals surface area contributed by atoms with Gasteiger partial charge in [-0.15, -0.1) is 0 Å². The Hall–Kier alpha value is -2.70. The SMILES string of the molecule is O=C(O)[C@@H]1CC(=O)N(Cc2ccc(-n3cncn3)cc2)C1. The highest BCUT2D eigenvalue weighted by molar-refractivity contribution is 5.86. The number of carbonyl (C=O) groups is 2. The Labute approximate surface area is 120 Å². The van der Waals surface area contributed by atoms with E-state index in [1.807, 2.05) is 24.3 Å². The second kappa shape index (κ2) is 5.35. The van der Waals surface area contributed by atoms with Gasteiger partial charge in [0, 0.05) is 19.5 Å². The third-order valence-electron chi connectivity index (χ3n) is 3.56. The van der Waals surface area contributed by atoms with E-state index in [0.717, 1.165) is 11.3 Å². The molecule has 0 bridgehead atoms. The van der Waals surface area contributed by atoms with Crippen molar-refractivity contribution in [2.45, 2.75) is 13.0 Å². The summed E-state index contributed by atoms with van der Waals surface area (Å²) in [6.07, 6.45) is 3.16. The van der Waals surface area contributed by atoms with Crippen LogP contribution in [0.2, 0.25) is 0 Å². The van der Waals surface area contributed by atoms with Gasteiger partial charge in [-0.05, 0) is 17.7 Å². The van der Waals surface area contributed by atoms with Crippen molar-refractivity contribution in [3.8, 4) is 5.69 Å². The first-order chi connectivity index (χ1) is 10.1. The Morgan fingerprint density at radius 1 is 1.33 bits per heavy atom. The van der Waals surface area contributed by atoms with E-state index in [4.69, 9.17) is 5.11 Å². The molecule has 1 atom stereocenters. The molecule has 2 aromatic rings. The minimum absolute atomic E-state index is 0.0897. The van der Waals surface area contributed by atoms with E-state index < -0.39 is 11.9 Å². The van der Waals surface area contributed by atoms with Gasteiger partial charge in [-0.1, -0.05) is 12.1 Å². The predicted molar refractivity (Wildman–Crippen MR) is 72.5 cm³/mol. The molecule has 0 spiro atoms. The van der Waals surface area contributed by atoms with Crippen LogP contribution in [0.3, 0.4) is 0 Å². The van der Waals surface area contributed by atoms with Gasteiger partial charge in [0.1, 0.15) is 12.7 Å². The molecule has 21 heavy (non-hydrogen) atoms. The summed E-state index contributed by atoms with van der Waals surface area (Å²) in [6.45, 7) is 0.708. The molecule has 1 N–H and O–H groups in total. The van der Waals surface area contributed by atoms with Crippen LogP contribution in [-0.4, -0.2) is 43.2 Å². The zero-order valence-electron chi connectivity index (χ0n) is 11.2. The lowest BCUT2D eigenvalue weighted by molar-refractivity contribution is -0.141. The third-order valence-corrected chi connectivity index (χ3v) is 3.56. The van der Waals surface area contributed by atoms with Gasteiger partial charge in [0.05, 0.1) is 11.6 Å². The molecule has 7 nitrogen and oxygen atoms in total. The Bertz CT molecular complexity index is 651. The molecule has 0 aliphatic carbocycles. The van der Waals surface area contributed by atoms with Crippen LogP contribution in [0.1, 0.15) is 12.0 Å². The Morgan fingerprint density at radius 2 is 2.10 bits per heavy atom. The van der Waals surface area contributed by atoms with Crippen LogP contribution in [0, 0.1) is 5.92 Å². The number of amides is 1. The van der Waals surface area contributed by atoms with Gasteiger partial charge in [-0.2, -0.15) is 5.10 Å². The summed E-state index contributed by atoms with van der Waals surface area (Å²) in [7, 11) is 0. The summed E-state index contributed by atoms with van der Waals surface area (Å²) in [5, 5.41) is 13.0. The molecule has 1 saturated heterocycles. The van der Waals surface area contributed by atoms with E-state index >= 15 is 0 Å². The van der Waals surface area contributed by atoms with Crippen molar-refractivity contribution >= 4 is 11.9 Å². The van der Waals surface area contributed by atoms with Crippen molar-refractivity contribution in [1.29, 1.82) is 0 Å². The van der Waals surface area contributed by atoms with Crippen LogP contribution in [-0.2, 0) is 16.1 Å². The summed E-state index contributed by atoms with van der Waals surface area (Å²) in [5.74, 6) is -1.61. The fourth-order valence-corrected chi connectivity index (χ4v) is 2.41. The van der Waals surface area contributed by atoms with Gasteiger partial charge in [0.2, 0.25) is 5.91 Å². The number of likely N-dealkylation sites (tertiary alicyclic amines) is 1. The van der Waals surface area contributed by atoms with Gasteiger partial charge in [0.25, 0.3) is 0 Å². The number of benzene rings is 1. The van der Waals surface area contributed by atoms with Crippen molar-refractivity contribution in [2.24, 2.45) is 5.92 Å². The summed E-state index contributed by atoms with van der Waals surface area (Å²) in [6, 6.07) is 7.58. The van der Waals surface area contributed by atoms with E-state index in [1.54, 1.807) is 15.9 Å². The van der Waals surface area contributed by atoms with Crippen LogP contribution in [0.5, 0.6) is 0 Å². The molecule has 1 aromatic carbocycles. The summed E-state index contributed by atoms with van der Waals surface area (Å²) >= 11 is 0. The first kappa shape index (κ1) is 13.3. The molecule has 108 valence electrons. The van der Waals surface area contributed by atoms with E-state index in [1.165, 1.54) is 6.33 Å². The normalized spacial score (nSPS) is 18.2. The van der Waals surface area contributed by atoms with E-state index in [-0.39, 0.29) is 18.9 Å². The minimum Gasteiger partial charge on any atom is -0.481 e. The molecular weight excluding hydrogens is 272 g/mol. The van der Waals surface area contributed by atoms with Crippen LogP contribution < -0.4 is 0 Å². The second-order valence-electron chi connectivity index (χ2n) is 5.02. The molecule has 1 aliphatic rings. The second-order valence-corrected chi connectivity index (χ2v) is 5.02. The number of carboxylic acids is 1. The number of rotatable bonds is 4. The number of hydrogen-bond donors (Lipinski definition) is 1. The largest absolute Gasteiger partial charge is 0.481 e. The van der Waals surface area contributed by atoms with Crippen molar-refractivity contribution in [1.82, 2.24) is 19.7 Å². The highest BCUT2D eigenvalue weighted by Crippen LogP contribution is 2.20. The number of hydrogen-bond acceptors (Lipinski definition) is 4. The molecule has 7 heteroatoms. The fourth-order valence-electron chi connectivity index (χ4n) is 2.41. The lowest BCUT2D eigenvalue weighted by atomic mass is 10.1. The zero-order valence-corrected chi connectivity index (χ0v) is 11.2. The minimum atomic E-state index is -0.910. The number of nitrogens with zero attached hydrogens (tertiary/aromatic N) is 4. The van der Waals surface area contributed by atoms with Gasteiger partial charge >= 0.3 is 5.97 Å². The van der Waals surface area contributed by atoms with Crippen molar-refractivity contribution in [3.05, 3.63) is 42.5 Å². The lowest BCUT2D eigenvalue weighted by Gasteiger charge is -2.16. The highest BCUT2D eigenvalue weighted by atomic mass is 16.4. The number of carbonyl (C=O) groups excluding carboxylic acids is 1. The van der Waals surface area contributed by atoms with Gasteiger partial charge < -0.3 is 10.0 Å². The highest BCUT2D eigenvalue weighted by Gasteiger charge is 2.33. The van der Waals surface area contributed by atoms with E-state index in [9.17, 15) is 9.59 Å². The zero-order chi connectivity index (χ0) is 14.8. The predicted octanol–water partition coefficient (Wildman–Crippen LogP) is 0.700. The maximum Gasteiger partial charge on any atom is 0.308 e.